The zero-order valence-corrected chi connectivity index (χ0v) is 38.2. The van der Waals surface area contributed by atoms with Gasteiger partial charge in [0.15, 0.2) is 17.5 Å². The summed E-state index contributed by atoms with van der Waals surface area (Å²) in [4.78, 5) is 30.4. The maximum Gasteiger partial charge on any atom is 0.164 e. The Kier molecular flexibility index (Phi) is 10.3. The SMILES string of the molecule is Fc1ccccc1-c1nc2c(n1-c1cccc(-c3nc(-c4cccc(-n5c(-c6ccccc6F)nc6ccccc65)c4)nc(-c4cccc(-n5c(-c6ccccc6F)nc6ccccc65)c4)n3)c1)C=CCC2. The monoisotopic (exact) mass is 941 g/mol. The van der Waals surface area contributed by atoms with E-state index in [1.54, 1.807) is 48.5 Å². The summed E-state index contributed by atoms with van der Waals surface area (Å²) in [6, 6.07) is 58.7. The van der Waals surface area contributed by atoms with Gasteiger partial charge in [0.2, 0.25) is 0 Å². The van der Waals surface area contributed by atoms with Crippen LogP contribution in [0.3, 0.4) is 0 Å². The largest absolute Gasteiger partial charge is 0.293 e. The molecule has 344 valence electrons. The van der Waals surface area contributed by atoms with Crippen LogP contribution in [0, 0.1) is 17.5 Å². The molecule has 12 aromatic rings. The van der Waals surface area contributed by atoms with Gasteiger partial charge in [-0.15, -0.1) is 0 Å². The third-order valence-electron chi connectivity index (χ3n) is 13.0. The van der Waals surface area contributed by atoms with Crippen LogP contribution in [0.15, 0.2) is 200 Å². The summed E-state index contributed by atoms with van der Waals surface area (Å²) in [5.74, 6) is 1.38. The molecule has 4 aromatic heterocycles. The first-order valence-electron chi connectivity index (χ1n) is 23.5. The second kappa shape index (κ2) is 17.4. The fraction of sp³-hybridized carbons (Fsp3) is 0.0333. The van der Waals surface area contributed by atoms with Gasteiger partial charge in [-0.05, 0) is 116 Å². The average Bonchev–Trinajstić information content (AvgIpc) is 4.13. The summed E-state index contributed by atoms with van der Waals surface area (Å²) < 4.78 is 52.6. The first-order valence-corrected chi connectivity index (χ1v) is 23.5. The third kappa shape index (κ3) is 7.35. The maximum atomic E-state index is 15.6. The number of fused-ring (bicyclic) bond motifs is 3. The second-order valence-electron chi connectivity index (χ2n) is 17.5. The molecular formula is C60H38F3N9. The zero-order chi connectivity index (χ0) is 48.3. The van der Waals surface area contributed by atoms with E-state index in [2.05, 4.69) is 6.08 Å². The van der Waals surface area contributed by atoms with E-state index in [9.17, 15) is 0 Å². The standard InChI is InChI=1S/C60H38F3N9/c61-46-25-4-1-22-43(46)58-64-49-28-7-10-31-52(49)70(58)40-19-13-16-37(34-40)55-67-56(38-17-14-20-41(35-38)71-53-32-11-8-29-50(53)65-59(71)44-23-2-5-26-47(44)62)69-57(68-55)39-18-15-21-42(36-39)72-54-33-12-9-30-51(54)66-60(72)45-24-3-6-27-48(45)63/h1-8,10-29,31-36H,9,30H2. The fourth-order valence-corrected chi connectivity index (χ4v) is 9.67. The summed E-state index contributed by atoms with van der Waals surface area (Å²) in [6.07, 6.45) is 5.72. The Morgan fingerprint density at radius 2 is 0.750 bits per heavy atom. The maximum absolute atomic E-state index is 15.6. The van der Waals surface area contributed by atoms with Gasteiger partial charge in [-0.25, -0.2) is 43.1 Å². The van der Waals surface area contributed by atoms with E-state index in [4.69, 9.17) is 29.9 Å². The molecule has 13 rings (SSSR count). The number of nitrogens with zero attached hydrogens (tertiary/aromatic N) is 9. The van der Waals surface area contributed by atoms with Gasteiger partial charge < -0.3 is 0 Å². The molecule has 0 atom stereocenters. The lowest BCUT2D eigenvalue weighted by molar-refractivity contribution is 0.629. The molecule has 0 spiro atoms. The van der Waals surface area contributed by atoms with E-state index in [1.165, 1.54) is 18.2 Å². The molecule has 0 N–H and O–H groups in total. The predicted molar refractivity (Wildman–Crippen MR) is 276 cm³/mol. The number of allylic oxidation sites excluding steroid dienone is 1. The lowest BCUT2D eigenvalue weighted by Gasteiger charge is -2.15. The van der Waals surface area contributed by atoms with Gasteiger partial charge >= 0.3 is 0 Å². The Labute approximate surface area is 410 Å². The Bertz CT molecular complexity index is 3940. The predicted octanol–water partition coefficient (Wildman–Crippen LogP) is 14.1. The summed E-state index contributed by atoms with van der Waals surface area (Å²) in [5.41, 5.74) is 10.1. The highest BCUT2D eigenvalue weighted by Crippen LogP contribution is 2.37. The molecule has 0 bridgehead atoms. The smallest absolute Gasteiger partial charge is 0.164 e. The van der Waals surface area contributed by atoms with Gasteiger partial charge in [0.25, 0.3) is 0 Å². The van der Waals surface area contributed by atoms with E-state index in [0.29, 0.717) is 79.4 Å². The molecule has 72 heavy (non-hydrogen) atoms. The normalized spacial score (nSPS) is 12.2. The quantitative estimate of drug-likeness (QED) is 0.143. The number of benzene rings is 8. The van der Waals surface area contributed by atoms with Crippen LogP contribution < -0.4 is 0 Å². The van der Waals surface area contributed by atoms with Crippen LogP contribution in [0.1, 0.15) is 17.8 Å². The number of imidazole rings is 3. The number of para-hydroxylation sites is 4. The molecule has 0 fully saturated rings. The molecule has 4 heterocycles. The summed E-state index contributed by atoms with van der Waals surface area (Å²) >= 11 is 0. The van der Waals surface area contributed by atoms with Crippen molar-refractivity contribution >= 4 is 28.1 Å². The van der Waals surface area contributed by atoms with Gasteiger partial charge in [-0.3, -0.25) is 13.7 Å². The molecule has 8 aromatic carbocycles. The number of aromatic nitrogens is 9. The molecule has 1 aliphatic rings. The van der Waals surface area contributed by atoms with Gasteiger partial charge in [-0.2, -0.15) is 0 Å². The van der Waals surface area contributed by atoms with Crippen molar-refractivity contribution < 1.29 is 13.2 Å². The molecule has 0 unspecified atom stereocenters. The summed E-state index contributed by atoms with van der Waals surface area (Å²) in [6.45, 7) is 0. The van der Waals surface area contributed by atoms with Crippen LogP contribution in [-0.2, 0) is 6.42 Å². The molecule has 1 aliphatic carbocycles. The van der Waals surface area contributed by atoms with Crippen LogP contribution in [0.5, 0.6) is 0 Å². The molecule has 0 amide bonds. The highest BCUT2D eigenvalue weighted by Gasteiger charge is 2.24. The number of hydrogen-bond acceptors (Lipinski definition) is 6. The van der Waals surface area contributed by atoms with Crippen molar-refractivity contribution in [3.63, 3.8) is 0 Å². The molecule has 12 heteroatoms. The molecule has 0 saturated heterocycles. The van der Waals surface area contributed by atoms with Crippen LogP contribution in [0.2, 0.25) is 0 Å². The molecule has 0 saturated carbocycles. The van der Waals surface area contributed by atoms with Crippen molar-refractivity contribution in [1.82, 2.24) is 43.6 Å². The average molecular weight is 942 g/mol. The highest BCUT2D eigenvalue weighted by atomic mass is 19.1. The first-order chi connectivity index (χ1) is 35.4. The zero-order valence-electron chi connectivity index (χ0n) is 38.2. The van der Waals surface area contributed by atoms with Crippen LogP contribution in [0.4, 0.5) is 13.2 Å². The van der Waals surface area contributed by atoms with Crippen LogP contribution >= 0.6 is 0 Å². The topological polar surface area (TPSA) is 92.1 Å². The van der Waals surface area contributed by atoms with Gasteiger partial charge in [0.05, 0.1) is 50.1 Å². The van der Waals surface area contributed by atoms with Crippen molar-refractivity contribution in [2.45, 2.75) is 12.8 Å². The third-order valence-corrected chi connectivity index (χ3v) is 13.0. The Morgan fingerprint density at radius 1 is 0.361 bits per heavy atom. The van der Waals surface area contributed by atoms with Crippen LogP contribution in [0.25, 0.3) is 114 Å². The van der Waals surface area contributed by atoms with E-state index in [0.717, 1.165) is 52.3 Å². The van der Waals surface area contributed by atoms with Gasteiger partial charge in [0, 0.05) is 33.8 Å². The van der Waals surface area contributed by atoms with Gasteiger partial charge in [-0.1, -0.05) is 103 Å². The first kappa shape index (κ1) is 42.5. The second-order valence-corrected chi connectivity index (χ2v) is 17.5. The Hall–Kier alpha value is -9.55. The fourth-order valence-electron chi connectivity index (χ4n) is 9.67. The Morgan fingerprint density at radius 3 is 1.19 bits per heavy atom. The van der Waals surface area contributed by atoms with E-state index in [-0.39, 0.29) is 17.5 Å². The van der Waals surface area contributed by atoms with Crippen molar-refractivity contribution in [3.05, 3.63) is 229 Å². The minimum absolute atomic E-state index is 0.361. The van der Waals surface area contributed by atoms with Crippen molar-refractivity contribution in [2.75, 3.05) is 0 Å². The van der Waals surface area contributed by atoms with Crippen molar-refractivity contribution in [3.8, 4) is 85.4 Å². The molecule has 9 nitrogen and oxygen atoms in total. The number of rotatable bonds is 9. The number of halogens is 3. The van der Waals surface area contributed by atoms with Crippen LogP contribution in [-0.4, -0.2) is 43.6 Å². The van der Waals surface area contributed by atoms with Gasteiger partial charge in [0.1, 0.15) is 34.9 Å². The number of hydrogen-bond donors (Lipinski definition) is 0. The molecule has 0 aliphatic heterocycles. The minimum Gasteiger partial charge on any atom is -0.293 e. The van der Waals surface area contributed by atoms with E-state index < -0.39 is 0 Å². The van der Waals surface area contributed by atoms with E-state index in [1.807, 2.05) is 147 Å². The van der Waals surface area contributed by atoms with Crippen molar-refractivity contribution in [2.24, 2.45) is 0 Å². The lowest BCUT2D eigenvalue weighted by atomic mass is 10.1. The molecular weight excluding hydrogens is 904 g/mol. The van der Waals surface area contributed by atoms with Crippen molar-refractivity contribution in [1.29, 1.82) is 0 Å². The Balaban J connectivity index is 1.01. The van der Waals surface area contributed by atoms with E-state index >= 15 is 13.2 Å². The lowest BCUT2D eigenvalue weighted by Crippen LogP contribution is -2.05. The minimum atomic E-state index is -0.389. The number of aryl methyl sites for hydroxylation is 1. The summed E-state index contributed by atoms with van der Waals surface area (Å²) in [7, 11) is 0. The summed E-state index contributed by atoms with van der Waals surface area (Å²) in [5, 5.41) is 0. The molecule has 0 radical (unpaired) electrons. The highest BCUT2D eigenvalue weighted by molar-refractivity contribution is 5.85.